The number of rotatable bonds is 4. The number of anilines is 1. The highest BCUT2D eigenvalue weighted by Crippen LogP contribution is 2.28. The molecule has 136 valence electrons. The molecule has 1 aliphatic heterocycles. The van der Waals surface area contributed by atoms with E-state index in [4.69, 9.17) is 27.9 Å². The lowest BCUT2D eigenvalue weighted by molar-refractivity contribution is -0.0298. The van der Waals surface area contributed by atoms with Crippen LogP contribution >= 0.6 is 23.2 Å². The van der Waals surface area contributed by atoms with Crippen LogP contribution in [0.25, 0.3) is 11.2 Å². The van der Waals surface area contributed by atoms with Crippen LogP contribution in [0.3, 0.4) is 0 Å². The van der Waals surface area contributed by atoms with Gasteiger partial charge in [0.2, 0.25) is 0 Å². The Balaban J connectivity index is 1.63. The second kappa shape index (κ2) is 7.34. The minimum Gasteiger partial charge on any atom is -0.364 e. The summed E-state index contributed by atoms with van der Waals surface area (Å²) in [6.45, 7) is 1.05. The van der Waals surface area contributed by atoms with Crippen molar-refractivity contribution in [1.82, 2.24) is 19.5 Å². The molecule has 9 heteroatoms. The molecule has 1 aliphatic rings. The average molecular weight is 396 g/mol. The van der Waals surface area contributed by atoms with E-state index in [9.17, 15) is 4.39 Å². The number of benzene rings is 1. The van der Waals surface area contributed by atoms with E-state index in [2.05, 4.69) is 20.3 Å². The third-order valence-corrected chi connectivity index (χ3v) is 4.68. The number of nitrogens with zero attached hydrogens (tertiary/aromatic N) is 4. The van der Waals surface area contributed by atoms with Gasteiger partial charge in [0.15, 0.2) is 17.0 Å². The number of hydrogen-bond acceptors (Lipinski definition) is 5. The van der Waals surface area contributed by atoms with Gasteiger partial charge in [-0.05, 0) is 43.0 Å². The van der Waals surface area contributed by atoms with E-state index in [0.29, 0.717) is 40.2 Å². The molecule has 1 N–H and O–H groups in total. The smallest absolute Gasteiger partial charge is 0.312 e. The van der Waals surface area contributed by atoms with E-state index in [0.717, 1.165) is 24.8 Å². The first-order valence-corrected chi connectivity index (χ1v) is 9.06. The van der Waals surface area contributed by atoms with Gasteiger partial charge in [0, 0.05) is 23.2 Å². The molecule has 0 saturated carbocycles. The number of halogens is 3. The standard InChI is InChI=1S/C17H16Cl2FN5O/c18-11-5-10(6-12(19)7-11)8-21-15-14-16(24-17(20)23-15)25(9-22-14)13-3-1-2-4-26-13/h5-7,9,13H,1-4,8H2,(H,21,23,24). The predicted molar refractivity (Wildman–Crippen MR) is 97.9 cm³/mol. The van der Waals surface area contributed by atoms with Crippen molar-refractivity contribution in [3.63, 3.8) is 0 Å². The molecule has 0 radical (unpaired) electrons. The first kappa shape index (κ1) is 17.5. The van der Waals surface area contributed by atoms with E-state index >= 15 is 0 Å². The third kappa shape index (κ3) is 3.60. The van der Waals surface area contributed by atoms with Gasteiger partial charge in [-0.15, -0.1) is 0 Å². The first-order chi connectivity index (χ1) is 12.6. The predicted octanol–water partition coefficient (Wildman–Crippen LogP) is 4.58. The molecule has 1 saturated heterocycles. The Bertz CT molecular complexity index is 922. The van der Waals surface area contributed by atoms with Crippen LogP contribution in [0.1, 0.15) is 31.1 Å². The molecule has 1 aromatic carbocycles. The van der Waals surface area contributed by atoms with Gasteiger partial charge >= 0.3 is 6.08 Å². The molecular weight excluding hydrogens is 380 g/mol. The Morgan fingerprint density at radius 3 is 2.73 bits per heavy atom. The van der Waals surface area contributed by atoms with Crippen molar-refractivity contribution in [2.45, 2.75) is 32.0 Å². The van der Waals surface area contributed by atoms with Crippen molar-refractivity contribution in [2.75, 3.05) is 11.9 Å². The van der Waals surface area contributed by atoms with Gasteiger partial charge in [-0.25, -0.2) is 4.98 Å². The van der Waals surface area contributed by atoms with Crippen LogP contribution in [0.2, 0.25) is 10.0 Å². The van der Waals surface area contributed by atoms with E-state index in [1.54, 1.807) is 29.1 Å². The molecule has 1 atom stereocenters. The second-order valence-corrected chi connectivity index (χ2v) is 6.99. The van der Waals surface area contributed by atoms with Crippen LogP contribution in [0.4, 0.5) is 10.2 Å². The average Bonchev–Trinajstić information content (AvgIpc) is 3.03. The zero-order valence-electron chi connectivity index (χ0n) is 13.8. The number of aromatic nitrogens is 4. The third-order valence-electron chi connectivity index (χ3n) is 4.24. The fourth-order valence-corrected chi connectivity index (χ4v) is 3.64. The van der Waals surface area contributed by atoms with Crippen LogP contribution in [-0.2, 0) is 11.3 Å². The number of nitrogens with one attached hydrogen (secondary N) is 1. The lowest BCUT2D eigenvalue weighted by atomic mass is 10.2. The summed E-state index contributed by atoms with van der Waals surface area (Å²) in [7, 11) is 0. The van der Waals surface area contributed by atoms with Gasteiger partial charge in [-0.3, -0.25) is 4.57 Å². The summed E-state index contributed by atoms with van der Waals surface area (Å²) in [6.07, 6.45) is 3.56. The Hall–Kier alpha value is -1.96. The molecular formula is C17H16Cl2FN5O. The van der Waals surface area contributed by atoms with Crippen LogP contribution in [0, 0.1) is 6.08 Å². The molecule has 1 unspecified atom stereocenters. The highest BCUT2D eigenvalue weighted by atomic mass is 35.5. The Morgan fingerprint density at radius 1 is 1.19 bits per heavy atom. The molecule has 3 aromatic rings. The molecule has 3 heterocycles. The highest BCUT2D eigenvalue weighted by Gasteiger charge is 2.21. The van der Waals surface area contributed by atoms with Gasteiger partial charge in [0.25, 0.3) is 0 Å². The topological polar surface area (TPSA) is 64.9 Å². The van der Waals surface area contributed by atoms with Crippen molar-refractivity contribution in [3.8, 4) is 0 Å². The summed E-state index contributed by atoms with van der Waals surface area (Å²) in [5.41, 5.74) is 1.76. The number of fused-ring (bicyclic) bond motifs is 1. The van der Waals surface area contributed by atoms with Crippen LogP contribution in [0.5, 0.6) is 0 Å². The van der Waals surface area contributed by atoms with Gasteiger partial charge in [-0.2, -0.15) is 14.4 Å². The molecule has 6 nitrogen and oxygen atoms in total. The molecule has 1 fully saturated rings. The quantitative estimate of drug-likeness (QED) is 0.654. The van der Waals surface area contributed by atoms with E-state index in [1.807, 2.05) is 0 Å². The first-order valence-electron chi connectivity index (χ1n) is 8.30. The minimum atomic E-state index is -0.818. The zero-order chi connectivity index (χ0) is 18.1. The van der Waals surface area contributed by atoms with Crippen LogP contribution in [-0.4, -0.2) is 26.1 Å². The highest BCUT2D eigenvalue weighted by molar-refractivity contribution is 6.34. The summed E-state index contributed by atoms with van der Waals surface area (Å²) in [6, 6.07) is 5.22. The van der Waals surface area contributed by atoms with Crippen molar-refractivity contribution < 1.29 is 9.13 Å². The molecule has 0 bridgehead atoms. The largest absolute Gasteiger partial charge is 0.364 e. The van der Waals surface area contributed by atoms with Crippen molar-refractivity contribution >= 4 is 40.2 Å². The summed E-state index contributed by atoms with van der Waals surface area (Å²) < 4.78 is 21.5. The molecule has 0 amide bonds. The number of imidazole rings is 1. The Morgan fingerprint density at radius 2 is 2.00 bits per heavy atom. The maximum atomic E-state index is 14.0. The fourth-order valence-electron chi connectivity index (χ4n) is 3.07. The monoisotopic (exact) mass is 395 g/mol. The summed E-state index contributed by atoms with van der Waals surface area (Å²) in [4.78, 5) is 12.1. The fraction of sp³-hybridized carbons (Fsp3) is 0.353. The van der Waals surface area contributed by atoms with E-state index < -0.39 is 6.08 Å². The van der Waals surface area contributed by atoms with Crippen LogP contribution < -0.4 is 5.32 Å². The summed E-state index contributed by atoms with van der Waals surface area (Å²) in [5.74, 6) is 0.318. The molecule has 0 spiro atoms. The van der Waals surface area contributed by atoms with Crippen molar-refractivity contribution in [3.05, 3.63) is 46.2 Å². The van der Waals surface area contributed by atoms with Crippen molar-refractivity contribution in [1.29, 1.82) is 0 Å². The zero-order valence-corrected chi connectivity index (χ0v) is 15.3. The van der Waals surface area contributed by atoms with E-state index in [1.165, 1.54) is 0 Å². The normalized spacial score (nSPS) is 17.6. The van der Waals surface area contributed by atoms with Gasteiger partial charge in [-0.1, -0.05) is 23.2 Å². The maximum Gasteiger partial charge on any atom is 0.312 e. The van der Waals surface area contributed by atoms with Gasteiger partial charge < -0.3 is 10.1 Å². The number of hydrogen-bond donors (Lipinski definition) is 1. The van der Waals surface area contributed by atoms with Gasteiger partial charge in [0.05, 0.1) is 6.33 Å². The minimum absolute atomic E-state index is 0.178. The molecule has 26 heavy (non-hydrogen) atoms. The lowest BCUT2D eigenvalue weighted by Gasteiger charge is -2.23. The molecule has 0 aliphatic carbocycles. The summed E-state index contributed by atoms with van der Waals surface area (Å²) in [5, 5.41) is 4.16. The number of ether oxygens (including phenoxy) is 1. The second-order valence-electron chi connectivity index (χ2n) is 6.12. The van der Waals surface area contributed by atoms with Crippen LogP contribution in [0.15, 0.2) is 24.5 Å². The molecule has 2 aromatic heterocycles. The lowest BCUT2D eigenvalue weighted by Crippen LogP contribution is -2.18. The van der Waals surface area contributed by atoms with Crippen molar-refractivity contribution in [2.24, 2.45) is 0 Å². The Kier molecular flexibility index (Phi) is 4.93. The molecule has 4 rings (SSSR count). The van der Waals surface area contributed by atoms with E-state index in [-0.39, 0.29) is 6.23 Å². The Labute approximate surface area is 159 Å². The maximum absolute atomic E-state index is 14.0. The van der Waals surface area contributed by atoms with Gasteiger partial charge in [0.1, 0.15) is 6.23 Å². The SMILES string of the molecule is Fc1nc(NCc2cc(Cl)cc(Cl)c2)c2ncn(C3CCCCO3)c2n1. The summed E-state index contributed by atoms with van der Waals surface area (Å²) >= 11 is 12.0.